The van der Waals surface area contributed by atoms with E-state index in [2.05, 4.69) is 22.4 Å². The van der Waals surface area contributed by atoms with Crippen molar-refractivity contribution in [2.24, 2.45) is 5.92 Å². The van der Waals surface area contributed by atoms with E-state index < -0.39 is 11.5 Å². The first-order valence-corrected chi connectivity index (χ1v) is 8.36. The molecule has 1 fully saturated rings. The van der Waals surface area contributed by atoms with Crippen LogP contribution in [0.4, 0.5) is 0 Å². The van der Waals surface area contributed by atoms with Gasteiger partial charge in [0.05, 0.1) is 0 Å². The van der Waals surface area contributed by atoms with Crippen LogP contribution >= 0.6 is 0 Å². The van der Waals surface area contributed by atoms with Crippen LogP contribution < -0.4 is 5.32 Å². The average molecular weight is 343 g/mol. The smallest absolute Gasteiger partial charge is 0.329 e. The lowest BCUT2D eigenvalue weighted by Gasteiger charge is -2.36. The summed E-state index contributed by atoms with van der Waals surface area (Å²) in [6, 6.07) is 6.67. The summed E-state index contributed by atoms with van der Waals surface area (Å²) in [5.74, 6) is -0.0167. The van der Waals surface area contributed by atoms with Gasteiger partial charge >= 0.3 is 5.97 Å². The van der Waals surface area contributed by atoms with Crippen LogP contribution in [0, 0.1) is 12.8 Å². The summed E-state index contributed by atoms with van der Waals surface area (Å²) in [5.41, 5.74) is -0.0675. The lowest BCUT2D eigenvalue weighted by Crippen LogP contribution is -2.56. The molecule has 1 amide bonds. The molecule has 0 radical (unpaired) electrons. The lowest BCUT2D eigenvalue weighted by molar-refractivity contribution is -0.146. The summed E-state index contributed by atoms with van der Waals surface area (Å²) in [6.45, 7) is 3.81. The first kappa shape index (κ1) is 17.1. The molecule has 1 aromatic carbocycles. The van der Waals surface area contributed by atoms with Crippen molar-refractivity contribution in [3.8, 4) is 11.5 Å². The van der Waals surface area contributed by atoms with Crippen molar-refractivity contribution in [1.29, 1.82) is 0 Å². The summed E-state index contributed by atoms with van der Waals surface area (Å²) in [5, 5.41) is 20.1. The molecular formula is C18H21N3O4. The van der Waals surface area contributed by atoms with Crippen LogP contribution in [0.5, 0.6) is 0 Å². The molecule has 1 saturated carbocycles. The number of carboxylic acid groups (broad SMARTS) is 1. The number of amides is 1. The van der Waals surface area contributed by atoms with Crippen LogP contribution in [0.1, 0.15) is 48.9 Å². The summed E-state index contributed by atoms with van der Waals surface area (Å²) >= 11 is 0. The first-order chi connectivity index (χ1) is 11.9. The van der Waals surface area contributed by atoms with E-state index >= 15 is 0 Å². The molecule has 1 aliphatic carbocycles. The molecule has 0 bridgehead atoms. The second-order valence-corrected chi connectivity index (χ2v) is 6.73. The quantitative estimate of drug-likeness (QED) is 0.884. The number of rotatable bonds is 4. The fraction of sp³-hybridized carbons (Fsp3) is 0.444. The third kappa shape index (κ3) is 3.55. The Hall–Kier alpha value is -2.70. The zero-order valence-corrected chi connectivity index (χ0v) is 14.3. The Balaban J connectivity index is 1.75. The zero-order chi connectivity index (χ0) is 18.0. The maximum Gasteiger partial charge on any atom is 0.329 e. The Labute approximate surface area is 145 Å². The largest absolute Gasteiger partial charge is 0.480 e. The van der Waals surface area contributed by atoms with Crippen molar-refractivity contribution < 1.29 is 19.1 Å². The Morgan fingerprint density at radius 3 is 2.36 bits per heavy atom. The number of carbonyl (C=O) groups excluding carboxylic acids is 1. The fourth-order valence-electron chi connectivity index (χ4n) is 3.11. The predicted molar refractivity (Wildman–Crippen MR) is 89.9 cm³/mol. The average Bonchev–Trinajstić information content (AvgIpc) is 3.03. The second kappa shape index (κ2) is 6.66. The van der Waals surface area contributed by atoms with Gasteiger partial charge in [0, 0.05) is 18.1 Å². The van der Waals surface area contributed by atoms with Gasteiger partial charge < -0.3 is 14.8 Å². The number of benzene rings is 1. The summed E-state index contributed by atoms with van der Waals surface area (Å²) < 4.78 is 5.35. The molecule has 0 spiro atoms. The Morgan fingerprint density at radius 2 is 1.84 bits per heavy atom. The van der Waals surface area contributed by atoms with Gasteiger partial charge in [0.15, 0.2) is 0 Å². The van der Waals surface area contributed by atoms with Gasteiger partial charge in [0.1, 0.15) is 5.54 Å². The Kier molecular flexibility index (Phi) is 4.57. The minimum Gasteiger partial charge on any atom is -0.480 e. The van der Waals surface area contributed by atoms with Crippen molar-refractivity contribution in [3.05, 3.63) is 35.7 Å². The van der Waals surface area contributed by atoms with Gasteiger partial charge in [-0.3, -0.25) is 4.79 Å². The van der Waals surface area contributed by atoms with Crippen LogP contribution in [0.25, 0.3) is 11.5 Å². The van der Waals surface area contributed by atoms with E-state index in [0.29, 0.717) is 41.7 Å². The molecule has 7 heteroatoms. The third-order valence-corrected chi connectivity index (χ3v) is 4.81. The van der Waals surface area contributed by atoms with E-state index in [1.807, 2.05) is 0 Å². The fourth-order valence-corrected chi connectivity index (χ4v) is 3.11. The van der Waals surface area contributed by atoms with Gasteiger partial charge in [-0.2, -0.15) is 0 Å². The van der Waals surface area contributed by atoms with E-state index in [9.17, 15) is 14.7 Å². The molecular weight excluding hydrogens is 322 g/mol. The molecule has 0 saturated heterocycles. The van der Waals surface area contributed by atoms with Gasteiger partial charge in [-0.05, 0) is 55.9 Å². The maximum atomic E-state index is 12.5. The second-order valence-electron chi connectivity index (χ2n) is 6.73. The van der Waals surface area contributed by atoms with E-state index in [1.165, 1.54) is 0 Å². The Bertz CT molecular complexity index is 774. The van der Waals surface area contributed by atoms with Crippen LogP contribution in [0.3, 0.4) is 0 Å². The summed E-state index contributed by atoms with van der Waals surface area (Å²) in [6.07, 6.45) is 2.49. The number of nitrogens with zero attached hydrogens (tertiary/aromatic N) is 2. The van der Waals surface area contributed by atoms with Crippen LogP contribution in [-0.2, 0) is 4.79 Å². The van der Waals surface area contributed by atoms with Crippen LogP contribution in [0.2, 0.25) is 0 Å². The number of carbonyl (C=O) groups is 2. The van der Waals surface area contributed by atoms with E-state index in [-0.39, 0.29) is 5.91 Å². The van der Waals surface area contributed by atoms with Crippen LogP contribution in [-0.4, -0.2) is 32.7 Å². The number of aryl methyl sites for hydroxylation is 1. The predicted octanol–water partition coefficient (Wildman–Crippen LogP) is 2.81. The highest BCUT2D eigenvalue weighted by Gasteiger charge is 2.42. The minimum absolute atomic E-state index is 0.382. The molecule has 1 aliphatic rings. The lowest BCUT2D eigenvalue weighted by atomic mass is 9.77. The monoisotopic (exact) mass is 343 g/mol. The van der Waals surface area contributed by atoms with Crippen molar-refractivity contribution in [1.82, 2.24) is 15.5 Å². The van der Waals surface area contributed by atoms with Crippen molar-refractivity contribution in [2.75, 3.05) is 0 Å². The molecule has 1 aromatic heterocycles. The molecule has 3 rings (SSSR count). The van der Waals surface area contributed by atoms with Gasteiger partial charge in [0.2, 0.25) is 11.8 Å². The molecule has 0 aliphatic heterocycles. The van der Waals surface area contributed by atoms with Crippen molar-refractivity contribution in [2.45, 2.75) is 45.1 Å². The summed E-state index contributed by atoms with van der Waals surface area (Å²) in [4.78, 5) is 24.3. The van der Waals surface area contributed by atoms with Crippen LogP contribution in [0.15, 0.2) is 28.7 Å². The van der Waals surface area contributed by atoms with E-state index in [4.69, 9.17) is 4.42 Å². The molecule has 1 heterocycles. The highest BCUT2D eigenvalue weighted by Crippen LogP contribution is 2.32. The zero-order valence-electron chi connectivity index (χ0n) is 14.3. The normalized spacial score (nSPS) is 23.2. The van der Waals surface area contributed by atoms with Gasteiger partial charge in [-0.15, -0.1) is 10.2 Å². The topological polar surface area (TPSA) is 105 Å². The van der Waals surface area contributed by atoms with E-state index in [1.54, 1.807) is 31.2 Å². The maximum absolute atomic E-state index is 12.5. The third-order valence-electron chi connectivity index (χ3n) is 4.81. The van der Waals surface area contributed by atoms with Gasteiger partial charge in [-0.1, -0.05) is 6.92 Å². The van der Waals surface area contributed by atoms with Gasteiger partial charge in [-0.25, -0.2) is 4.79 Å². The van der Waals surface area contributed by atoms with Gasteiger partial charge in [0.25, 0.3) is 5.91 Å². The summed E-state index contributed by atoms with van der Waals surface area (Å²) in [7, 11) is 0. The van der Waals surface area contributed by atoms with Crippen molar-refractivity contribution >= 4 is 11.9 Å². The molecule has 25 heavy (non-hydrogen) atoms. The SMILES string of the molecule is Cc1nnc(-c2ccc(C(=O)NC3(C(=O)O)CCC(C)CC3)cc2)o1. The highest BCUT2D eigenvalue weighted by atomic mass is 16.4. The number of hydrogen-bond donors (Lipinski definition) is 2. The van der Waals surface area contributed by atoms with Crippen molar-refractivity contribution in [3.63, 3.8) is 0 Å². The molecule has 2 aromatic rings. The number of hydrogen-bond acceptors (Lipinski definition) is 5. The molecule has 2 N–H and O–H groups in total. The number of carboxylic acids is 1. The highest BCUT2D eigenvalue weighted by molar-refractivity contribution is 5.98. The molecule has 7 nitrogen and oxygen atoms in total. The number of aromatic nitrogens is 2. The molecule has 0 atom stereocenters. The Morgan fingerprint density at radius 1 is 1.20 bits per heavy atom. The minimum atomic E-state index is -1.17. The number of nitrogens with one attached hydrogen (secondary N) is 1. The van der Waals surface area contributed by atoms with E-state index in [0.717, 1.165) is 12.8 Å². The molecule has 132 valence electrons. The first-order valence-electron chi connectivity index (χ1n) is 8.36. The number of aliphatic carboxylic acids is 1. The standard InChI is InChI=1S/C18H21N3O4/c1-11-7-9-18(10-8-11,17(23)24)19-15(22)13-3-5-14(6-4-13)16-21-20-12(2)25-16/h3-6,11H,7-10H2,1-2H3,(H,19,22)(H,23,24). The molecule has 0 unspecified atom stereocenters.